The first-order valence-corrected chi connectivity index (χ1v) is 8.72. The van der Waals surface area contributed by atoms with E-state index in [0.29, 0.717) is 34.6 Å². The molecule has 3 rings (SSSR count). The molecule has 0 saturated carbocycles. The van der Waals surface area contributed by atoms with Gasteiger partial charge in [-0.2, -0.15) is 0 Å². The molecule has 0 saturated heterocycles. The summed E-state index contributed by atoms with van der Waals surface area (Å²) >= 11 is 11.7. The lowest BCUT2D eigenvalue weighted by molar-refractivity contribution is 0.0951. The Morgan fingerprint density at radius 3 is 2.38 bits per heavy atom. The van der Waals surface area contributed by atoms with Crippen LogP contribution in [0.2, 0.25) is 10.2 Å². The average molecular weight is 387 g/mol. The van der Waals surface area contributed by atoms with Crippen LogP contribution in [0.15, 0.2) is 66.9 Å². The van der Waals surface area contributed by atoms with Crippen molar-refractivity contribution in [3.8, 4) is 5.75 Å². The zero-order valence-electron chi connectivity index (χ0n) is 13.8. The maximum atomic E-state index is 12.2. The number of carbonyl (C=O) groups is 1. The molecule has 0 bridgehead atoms. The Balaban J connectivity index is 1.53. The lowest BCUT2D eigenvalue weighted by atomic mass is 10.2. The molecule has 0 aliphatic heterocycles. The van der Waals surface area contributed by atoms with Gasteiger partial charge in [-0.15, -0.1) is 0 Å². The highest BCUT2D eigenvalue weighted by Gasteiger charge is 2.06. The molecule has 3 aromatic rings. The fourth-order valence-corrected chi connectivity index (χ4v) is 2.61. The highest BCUT2D eigenvalue weighted by atomic mass is 35.5. The van der Waals surface area contributed by atoms with Crippen LogP contribution >= 0.6 is 23.2 Å². The first kappa shape index (κ1) is 18.2. The van der Waals surface area contributed by atoms with E-state index in [2.05, 4.69) is 10.3 Å². The minimum Gasteiger partial charge on any atom is -0.489 e. The average Bonchev–Trinajstić information content (AvgIpc) is 2.66. The third-order valence-corrected chi connectivity index (χ3v) is 4.14. The van der Waals surface area contributed by atoms with Gasteiger partial charge < -0.3 is 10.1 Å². The predicted octanol–water partition coefficient (Wildman–Crippen LogP) is 4.90. The van der Waals surface area contributed by atoms with E-state index >= 15 is 0 Å². The zero-order chi connectivity index (χ0) is 18.4. The number of nitrogens with one attached hydrogen (secondary N) is 1. The second-order valence-corrected chi connectivity index (χ2v) is 6.43. The molecule has 0 aliphatic carbocycles. The van der Waals surface area contributed by atoms with Crippen LogP contribution in [0.5, 0.6) is 5.75 Å². The summed E-state index contributed by atoms with van der Waals surface area (Å²) in [5, 5.41) is 3.97. The van der Waals surface area contributed by atoms with Gasteiger partial charge in [-0.05, 0) is 59.7 Å². The van der Waals surface area contributed by atoms with Crippen molar-refractivity contribution >= 4 is 29.1 Å². The number of carbonyl (C=O) groups excluding carboxylic acids is 1. The van der Waals surface area contributed by atoms with Crippen LogP contribution < -0.4 is 10.1 Å². The fourth-order valence-electron chi connectivity index (χ4n) is 2.29. The van der Waals surface area contributed by atoms with Crippen molar-refractivity contribution in [2.45, 2.75) is 13.2 Å². The van der Waals surface area contributed by atoms with Gasteiger partial charge in [0, 0.05) is 23.3 Å². The lowest BCUT2D eigenvalue weighted by Crippen LogP contribution is -2.22. The Labute approximate surface area is 161 Å². The smallest absolute Gasteiger partial charge is 0.251 e. The molecule has 1 amide bonds. The molecular formula is C20H16Cl2N2O2. The molecule has 132 valence electrons. The highest BCUT2D eigenvalue weighted by Crippen LogP contribution is 2.16. The van der Waals surface area contributed by atoms with Gasteiger partial charge in [0.15, 0.2) is 0 Å². The van der Waals surface area contributed by atoms with Crippen LogP contribution in [0.4, 0.5) is 0 Å². The van der Waals surface area contributed by atoms with Crippen LogP contribution in [0.25, 0.3) is 0 Å². The molecule has 26 heavy (non-hydrogen) atoms. The molecule has 0 spiro atoms. The summed E-state index contributed by atoms with van der Waals surface area (Å²) in [6.45, 7) is 0.821. The monoisotopic (exact) mass is 386 g/mol. The van der Waals surface area contributed by atoms with Crippen molar-refractivity contribution in [3.63, 3.8) is 0 Å². The van der Waals surface area contributed by atoms with Crippen LogP contribution in [0.1, 0.15) is 21.5 Å². The van der Waals surface area contributed by atoms with E-state index < -0.39 is 0 Å². The van der Waals surface area contributed by atoms with Crippen LogP contribution in [-0.2, 0) is 13.2 Å². The summed E-state index contributed by atoms with van der Waals surface area (Å²) in [6.07, 6.45) is 1.63. The predicted molar refractivity (Wildman–Crippen MR) is 103 cm³/mol. The van der Waals surface area contributed by atoms with Gasteiger partial charge in [0.2, 0.25) is 0 Å². The molecule has 0 aliphatic rings. The number of aromatic nitrogens is 1. The lowest BCUT2D eigenvalue weighted by Gasteiger charge is -2.08. The van der Waals surface area contributed by atoms with E-state index in [4.69, 9.17) is 27.9 Å². The molecule has 1 aromatic heterocycles. The summed E-state index contributed by atoms with van der Waals surface area (Å²) in [5.41, 5.74) is 2.48. The molecule has 6 heteroatoms. The molecule has 2 aromatic carbocycles. The normalized spacial score (nSPS) is 10.4. The van der Waals surface area contributed by atoms with Crippen molar-refractivity contribution < 1.29 is 9.53 Å². The summed E-state index contributed by atoms with van der Waals surface area (Å²) in [6, 6.07) is 17.9. The van der Waals surface area contributed by atoms with Gasteiger partial charge in [0.05, 0.1) is 0 Å². The Hall–Kier alpha value is -2.56. The van der Waals surface area contributed by atoms with E-state index in [0.717, 1.165) is 11.1 Å². The van der Waals surface area contributed by atoms with Crippen molar-refractivity contribution in [2.75, 3.05) is 0 Å². The first-order valence-electron chi connectivity index (χ1n) is 7.96. The van der Waals surface area contributed by atoms with Crippen molar-refractivity contribution in [1.82, 2.24) is 10.3 Å². The van der Waals surface area contributed by atoms with Crippen LogP contribution in [-0.4, -0.2) is 10.9 Å². The van der Waals surface area contributed by atoms with Gasteiger partial charge in [-0.25, -0.2) is 4.98 Å². The molecule has 0 fully saturated rings. The Kier molecular flexibility index (Phi) is 6.10. The number of nitrogens with zero attached hydrogens (tertiary/aromatic N) is 1. The van der Waals surface area contributed by atoms with Crippen LogP contribution in [0, 0.1) is 0 Å². The van der Waals surface area contributed by atoms with Gasteiger partial charge in [-0.1, -0.05) is 35.3 Å². The summed E-state index contributed by atoms with van der Waals surface area (Å²) < 4.78 is 5.69. The number of pyridine rings is 1. The molecule has 1 heterocycles. The van der Waals surface area contributed by atoms with E-state index in [1.165, 1.54) is 0 Å². The van der Waals surface area contributed by atoms with Gasteiger partial charge >= 0.3 is 0 Å². The molecular weight excluding hydrogens is 371 g/mol. The van der Waals surface area contributed by atoms with Crippen molar-refractivity contribution in [2.24, 2.45) is 0 Å². The number of hydrogen-bond acceptors (Lipinski definition) is 3. The second kappa shape index (κ2) is 8.70. The third-order valence-electron chi connectivity index (χ3n) is 3.68. The molecule has 0 atom stereocenters. The Bertz CT molecular complexity index is 881. The Morgan fingerprint density at radius 2 is 1.69 bits per heavy atom. The quantitative estimate of drug-likeness (QED) is 0.613. The molecule has 4 nitrogen and oxygen atoms in total. The van der Waals surface area contributed by atoms with Crippen molar-refractivity contribution in [3.05, 3.63) is 93.7 Å². The largest absolute Gasteiger partial charge is 0.489 e. The SMILES string of the molecule is O=C(NCc1ccc(Cl)cc1)c1ccc(OCc2ccnc(Cl)c2)cc1. The number of amides is 1. The number of ether oxygens (including phenoxy) is 1. The van der Waals surface area contributed by atoms with Gasteiger partial charge in [-0.3, -0.25) is 4.79 Å². The second-order valence-electron chi connectivity index (χ2n) is 5.61. The highest BCUT2D eigenvalue weighted by molar-refractivity contribution is 6.30. The minimum atomic E-state index is -0.146. The number of halogens is 2. The summed E-state index contributed by atoms with van der Waals surface area (Å²) in [4.78, 5) is 16.1. The first-order chi connectivity index (χ1) is 12.6. The minimum absolute atomic E-state index is 0.146. The number of rotatable bonds is 6. The maximum absolute atomic E-state index is 12.2. The number of hydrogen-bond donors (Lipinski definition) is 1. The van der Waals surface area contributed by atoms with Gasteiger partial charge in [0.25, 0.3) is 5.91 Å². The fraction of sp³-hybridized carbons (Fsp3) is 0.100. The topological polar surface area (TPSA) is 51.2 Å². The van der Waals surface area contributed by atoms with E-state index in [1.54, 1.807) is 48.7 Å². The third kappa shape index (κ3) is 5.22. The molecule has 0 unspecified atom stereocenters. The number of benzene rings is 2. The van der Waals surface area contributed by atoms with Gasteiger partial charge in [0.1, 0.15) is 17.5 Å². The summed E-state index contributed by atoms with van der Waals surface area (Å²) in [5.74, 6) is 0.527. The van der Waals surface area contributed by atoms with E-state index in [9.17, 15) is 4.79 Å². The standard InChI is InChI=1S/C20H16Cl2N2O2/c21-17-5-1-14(2-6-17)12-24-20(25)16-3-7-18(8-4-16)26-13-15-9-10-23-19(22)11-15/h1-11H,12-13H2,(H,24,25). The summed E-state index contributed by atoms with van der Waals surface area (Å²) in [7, 11) is 0. The van der Waals surface area contributed by atoms with Crippen molar-refractivity contribution in [1.29, 1.82) is 0 Å². The van der Waals surface area contributed by atoms with Crippen LogP contribution in [0.3, 0.4) is 0 Å². The zero-order valence-corrected chi connectivity index (χ0v) is 15.3. The van der Waals surface area contributed by atoms with E-state index in [1.807, 2.05) is 18.2 Å². The molecule has 1 N–H and O–H groups in total. The van der Waals surface area contributed by atoms with E-state index in [-0.39, 0.29) is 5.91 Å². The maximum Gasteiger partial charge on any atom is 0.251 e. The molecule has 0 radical (unpaired) electrons. The Morgan fingerprint density at radius 1 is 0.962 bits per heavy atom.